The Kier molecular flexibility index (Phi) is 5.88. The summed E-state index contributed by atoms with van der Waals surface area (Å²) in [7, 11) is 0. The molecular formula is C7H11ClO3. The van der Waals surface area contributed by atoms with Gasteiger partial charge in [-0.1, -0.05) is 24.3 Å². The zero-order valence-corrected chi connectivity index (χ0v) is 6.88. The van der Waals surface area contributed by atoms with Crippen LogP contribution in [-0.2, 0) is 9.53 Å². The average molecular weight is 179 g/mol. The number of esters is 1. The molecule has 0 saturated heterocycles. The molecule has 1 unspecified atom stereocenters. The molecule has 0 fully saturated rings. The third-order valence-electron chi connectivity index (χ3n) is 0.949. The largest absolute Gasteiger partial charge is 0.461 e. The summed E-state index contributed by atoms with van der Waals surface area (Å²) in [4.78, 5) is 10.7. The molecular weight excluding hydrogens is 168 g/mol. The van der Waals surface area contributed by atoms with Crippen molar-refractivity contribution in [2.75, 3.05) is 6.61 Å². The smallest absolute Gasteiger partial charge is 0.306 e. The highest BCUT2D eigenvalue weighted by atomic mass is 35.5. The van der Waals surface area contributed by atoms with E-state index in [4.69, 9.17) is 16.7 Å². The number of carbonyl (C=O) groups excluding carboxylic acids is 1. The molecule has 3 nitrogen and oxygen atoms in total. The molecule has 1 atom stereocenters. The van der Waals surface area contributed by atoms with Crippen molar-refractivity contribution < 1.29 is 14.6 Å². The fourth-order valence-corrected chi connectivity index (χ4v) is 0.570. The first-order valence-electron chi connectivity index (χ1n) is 3.25. The molecule has 0 saturated carbocycles. The van der Waals surface area contributed by atoms with E-state index in [0.29, 0.717) is 0 Å². The molecule has 11 heavy (non-hydrogen) atoms. The van der Waals surface area contributed by atoms with Crippen LogP contribution in [0.3, 0.4) is 0 Å². The number of rotatable bonds is 5. The first-order chi connectivity index (χ1) is 5.16. The first kappa shape index (κ1) is 10.5. The monoisotopic (exact) mass is 178 g/mol. The van der Waals surface area contributed by atoms with Crippen LogP contribution in [0, 0.1) is 0 Å². The number of hydrogen-bond donors (Lipinski definition) is 1. The van der Waals surface area contributed by atoms with Crippen LogP contribution in [-0.4, -0.2) is 23.2 Å². The van der Waals surface area contributed by atoms with Gasteiger partial charge in [0.25, 0.3) is 0 Å². The van der Waals surface area contributed by atoms with Crippen LogP contribution >= 0.6 is 11.6 Å². The van der Waals surface area contributed by atoms with Gasteiger partial charge in [0.1, 0.15) is 12.2 Å². The van der Waals surface area contributed by atoms with Crippen molar-refractivity contribution in [1.82, 2.24) is 0 Å². The van der Waals surface area contributed by atoms with Gasteiger partial charge < -0.3 is 9.84 Å². The molecule has 0 aliphatic rings. The van der Waals surface area contributed by atoms with Crippen LogP contribution in [0.15, 0.2) is 12.7 Å². The minimum absolute atomic E-state index is 0.137. The summed E-state index contributed by atoms with van der Waals surface area (Å²) in [5.41, 5.74) is -0.966. The summed E-state index contributed by atoms with van der Waals surface area (Å²) in [5.74, 6) is -0.371. The van der Waals surface area contributed by atoms with Gasteiger partial charge in [-0.2, -0.15) is 0 Å². The summed E-state index contributed by atoms with van der Waals surface area (Å²) in [6.07, 6.45) is 1.84. The highest BCUT2D eigenvalue weighted by molar-refractivity contribution is 6.19. The van der Waals surface area contributed by atoms with Gasteiger partial charge in [0, 0.05) is 6.42 Å². The minimum atomic E-state index is -0.966. The van der Waals surface area contributed by atoms with Gasteiger partial charge in [-0.15, -0.1) is 0 Å². The first-order valence-corrected chi connectivity index (χ1v) is 3.69. The van der Waals surface area contributed by atoms with Crippen LogP contribution < -0.4 is 0 Å². The van der Waals surface area contributed by atoms with Gasteiger partial charge >= 0.3 is 5.97 Å². The molecule has 64 valence electrons. The van der Waals surface area contributed by atoms with E-state index in [0.717, 1.165) is 0 Å². The molecule has 1 N–H and O–H groups in total. The molecule has 0 aromatic heterocycles. The van der Waals surface area contributed by atoms with Crippen molar-refractivity contribution in [1.29, 1.82) is 0 Å². The van der Waals surface area contributed by atoms with Gasteiger partial charge in [-0.25, -0.2) is 0 Å². The molecule has 0 aromatic carbocycles. The Morgan fingerprint density at radius 2 is 2.45 bits per heavy atom. The van der Waals surface area contributed by atoms with Crippen molar-refractivity contribution in [3.8, 4) is 0 Å². The number of halogens is 1. The number of aliphatic hydroxyl groups is 1. The Bertz CT molecular complexity index is 134. The minimum Gasteiger partial charge on any atom is -0.461 e. The SMILES string of the molecule is C=CCOC(=O)CCC(O)Cl. The van der Waals surface area contributed by atoms with Crippen molar-refractivity contribution in [2.45, 2.75) is 18.4 Å². The molecule has 0 aliphatic heterocycles. The lowest BCUT2D eigenvalue weighted by Gasteiger charge is -2.01. The average Bonchev–Trinajstić information content (AvgIpc) is 1.97. The van der Waals surface area contributed by atoms with Crippen LogP contribution in [0.5, 0.6) is 0 Å². The maximum atomic E-state index is 10.7. The predicted molar refractivity (Wildman–Crippen MR) is 42.2 cm³/mol. The quantitative estimate of drug-likeness (QED) is 0.389. The van der Waals surface area contributed by atoms with Gasteiger partial charge in [-0.3, -0.25) is 4.79 Å². The van der Waals surface area contributed by atoms with Crippen molar-refractivity contribution in [2.24, 2.45) is 0 Å². The molecule has 0 rings (SSSR count). The Morgan fingerprint density at radius 3 is 2.91 bits per heavy atom. The summed E-state index contributed by atoms with van der Waals surface area (Å²) >= 11 is 5.18. The third kappa shape index (κ3) is 7.36. The highest BCUT2D eigenvalue weighted by Crippen LogP contribution is 2.01. The topological polar surface area (TPSA) is 46.5 Å². The molecule has 0 radical (unpaired) electrons. The Labute approximate surface area is 70.6 Å². The number of aliphatic hydroxyl groups excluding tert-OH is 1. The zero-order chi connectivity index (χ0) is 8.69. The van der Waals surface area contributed by atoms with Gasteiger partial charge in [0.15, 0.2) is 0 Å². The molecule has 0 bridgehead atoms. The van der Waals surface area contributed by atoms with E-state index in [1.54, 1.807) is 0 Å². The van der Waals surface area contributed by atoms with Crippen molar-refractivity contribution in [3.05, 3.63) is 12.7 Å². The maximum absolute atomic E-state index is 10.7. The fourth-order valence-electron chi connectivity index (χ4n) is 0.461. The molecule has 0 aliphatic carbocycles. The standard InChI is InChI=1S/C7H11ClO3/c1-2-5-11-7(10)4-3-6(8)9/h2,6,9H,1,3-5H2. The second-order valence-electron chi connectivity index (χ2n) is 1.94. The van der Waals surface area contributed by atoms with E-state index >= 15 is 0 Å². The normalized spacial score (nSPS) is 12.2. The second-order valence-corrected chi connectivity index (χ2v) is 2.45. The third-order valence-corrected chi connectivity index (χ3v) is 1.17. The zero-order valence-electron chi connectivity index (χ0n) is 6.12. The van der Waals surface area contributed by atoms with E-state index in [9.17, 15) is 4.79 Å². The van der Waals surface area contributed by atoms with Crippen LogP contribution in [0.1, 0.15) is 12.8 Å². The lowest BCUT2D eigenvalue weighted by atomic mass is 10.3. The lowest BCUT2D eigenvalue weighted by Crippen LogP contribution is -2.07. The van der Waals surface area contributed by atoms with Crippen LogP contribution in [0.4, 0.5) is 0 Å². The summed E-state index contributed by atoms with van der Waals surface area (Å²) < 4.78 is 4.61. The Hall–Kier alpha value is -0.540. The summed E-state index contributed by atoms with van der Waals surface area (Å²) in [6.45, 7) is 3.58. The van der Waals surface area contributed by atoms with E-state index in [1.165, 1.54) is 6.08 Å². The van der Waals surface area contributed by atoms with Gasteiger partial charge in [0.2, 0.25) is 0 Å². The highest BCUT2D eigenvalue weighted by Gasteiger charge is 2.04. The van der Waals surface area contributed by atoms with E-state index in [1.807, 2.05) is 0 Å². The Balaban J connectivity index is 3.29. The lowest BCUT2D eigenvalue weighted by molar-refractivity contribution is -0.142. The van der Waals surface area contributed by atoms with Gasteiger partial charge in [0.05, 0.1) is 0 Å². The molecule has 0 spiro atoms. The number of ether oxygens (including phenoxy) is 1. The fraction of sp³-hybridized carbons (Fsp3) is 0.571. The number of alkyl halides is 1. The second kappa shape index (κ2) is 6.19. The molecule has 0 amide bonds. The summed E-state index contributed by atoms with van der Waals surface area (Å²) in [6, 6.07) is 0. The molecule has 0 aromatic rings. The van der Waals surface area contributed by atoms with E-state index < -0.39 is 5.56 Å². The maximum Gasteiger partial charge on any atom is 0.306 e. The van der Waals surface area contributed by atoms with Crippen molar-refractivity contribution in [3.63, 3.8) is 0 Å². The number of hydrogen-bond acceptors (Lipinski definition) is 3. The number of carbonyl (C=O) groups is 1. The van der Waals surface area contributed by atoms with Crippen LogP contribution in [0.25, 0.3) is 0 Å². The van der Waals surface area contributed by atoms with E-state index in [2.05, 4.69) is 11.3 Å². The van der Waals surface area contributed by atoms with E-state index in [-0.39, 0.29) is 25.4 Å². The molecule has 4 heteroatoms. The Morgan fingerprint density at radius 1 is 1.82 bits per heavy atom. The van der Waals surface area contributed by atoms with Crippen molar-refractivity contribution >= 4 is 17.6 Å². The summed E-state index contributed by atoms with van der Waals surface area (Å²) in [5, 5.41) is 8.56. The van der Waals surface area contributed by atoms with Gasteiger partial charge in [-0.05, 0) is 6.42 Å². The van der Waals surface area contributed by atoms with Crippen LogP contribution in [0.2, 0.25) is 0 Å². The predicted octanol–water partition coefficient (Wildman–Crippen LogP) is 1.05. The molecule has 0 heterocycles.